The first-order valence-corrected chi connectivity index (χ1v) is 10.9. The van der Waals surface area contributed by atoms with Crippen LogP contribution in [0.3, 0.4) is 0 Å². The van der Waals surface area contributed by atoms with Crippen LogP contribution in [0.1, 0.15) is 28.2 Å². The summed E-state index contributed by atoms with van der Waals surface area (Å²) in [6.45, 7) is 1.58. The summed E-state index contributed by atoms with van der Waals surface area (Å²) >= 11 is 17.7. The Bertz CT molecular complexity index is 1100. The number of nitrogens with zero attached hydrogens (tertiary/aromatic N) is 1. The highest BCUT2D eigenvalue weighted by Gasteiger charge is 2.39. The van der Waals surface area contributed by atoms with Crippen LogP contribution >= 0.6 is 34.8 Å². The van der Waals surface area contributed by atoms with Crippen molar-refractivity contribution in [1.82, 2.24) is 5.01 Å². The van der Waals surface area contributed by atoms with Crippen LogP contribution in [0.2, 0.25) is 15.1 Å². The van der Waals surface area contributed by atoms with E-state index in [0.29, 0.717) is 5.56 Å². The van der Waals surface area contributed by atoms with Crippen molar-refractivity contribution >= 4 is 46.6 Å². The van der Waals surface area contributed by atoms with E-state index in [4.69, 9.17) is 34.8 Å². The Morgan fingerprint density at radius 3 is 1.97 bits per heavy atom. The molecular formula is C24H18Cl3F3N2. The van der Waals surface area contributed by atoms with E-state index in [-0.39, 0.29) is 20.6 Å². The van der Waals surface area contributed by atoms with Gasteiger partial charge in [0.1, 0.15) is 0 Å². The molecule has 1 aliphatic rings. The third-order valence-electron chi connectivity index (χ3n) is 5.24. The van der Waals surface area contributed by atoms with E-state index in [1.807, 2.05) is 24.3 Å². The fraction of sp³-hybridized carbons (Fsp3) is 0.167. The largest absolute Gasteiger partial charge is 0.399 e. The van der Waals surface area contributed by atoms with Gasteiger partial charge in [0.15, 0.2) is 0 Å². The van der Waals surface area contributed by atoms with E-state index < -0.39 is 12.1 Å². The maximum Gasteiger partial charge on any atom is 0.399 e. The third kappa shape index (κ3) is 5.24. The molecule has 0 fully saturated rings. The monoisotopic (exact) mass is 496 g/mol. The van der Waals surface area contributed by atoms with Crippen molar-refractivity contribution in [2.24, 2.45) is 0 Å². The quantitative estimate of drug-likeness (QED) is 0.356. The minimum absolute atomic E-state index is 0.0173. The molecule has 3 aromatic carbocycles. The van der Waals surface area contributed by atoms with Gasteiger partial charge in [0.25, 0.3) is 0 Å². The number of benzene rings is 3. The van der Waals surface area contributed by atoms with Gasteiger partial charge in [0.05, 0.1) is 21.0 Å². The van der Waals surface area contributed by atoms with Crippen LogP contribution in [-0.4, -0.2) is 11.2 Å². The standard InChI is InChI=1S/C24H18Cl3F3N2/c25-21-11-18(12-22(26)23(21)27)20(24(28,29)30)10-7-15-5-8-19(9-6-15)31-32-13-16-3-1-2-4-17(16)14-32/h1-12,20,31H,13-14H2/b10-7+. The SMILES string of the molecule is FC(F)(F)C(/C=C/c1ccc(NN2Cc3ccccc3C2)cc1)c1cc(Cl)c(Cl)c(Cl)c1. The number of rotatable bonds is 5. The van der Waals surface area contributed by atoms with Crippen molar-refractivity contribution in [3.63, 3.8) is 0 Å². The molecule has 2 nitrogen and oxygen atoms in total. The van der Waals surface area contributed by atoms with Crippen molar-refractivity contribution in [3.05, 3.63) is 104 Å². The van der Waals surface area contributed by atoms with Crippen molar-refractivity contribution in [1.29, 1.82) is 0 Å². The summed E-state index contributed by atoms with van der Waals surface area (Å²) in [5.74, 6) is -1.87. The van der Waals surface area contributed by atoms with Crippen molar-refractivity contribution in [3.8, 4) is 0 Å². The fourth-order valence-electron chi connectivity index (χ4n) is 3.63. The Morgan fingerprint density at radius 1 is 0.875 bits per heavy atom. The maximum atomic E-state index is 13.7. The van der Waals surface area contributed by atoms with Gasteiger partial charge < -0.3 is 5.43 Å². The highest BCUT2D eigenvalue weighted by Crippen LogP contribution is 2.41. The van der Waals surface area contributed by atoms with Crippen LogP contribution in [0.15, 0.2) is 66.7 Å². The molecule has 0 saturated heterocycles. The summed E-state index contributed by atoms with van der Waals surface area (Å²) in [5.41, 5.74) is 7.32. The molecule has 0 aromatic heterocycles. The van der Waals surface area contributed by atoms with Gasteiger partial charge in [-0.25, -0.2) is 5.01 Å². The Labute approximate surface area is 199 Å². The number of hydrogen-bond acceptors (Lipinski definition) is 2. The second kappa shape index (κ2) is 9.36. The van der Waals surface area contributed by atoms with Crippen LogP contribution in [0.25, 0.3) is 6.08 Å². The maximum absolute atomic E-state index is 13.7. The number of alkyl halides is 3. The molecule has 8 heteroatoms. The van der Waals surface area contributed by atoms with Gasteiger partial charge in [0.2, 0.25) is 0 Å². The van der Waals surface area contributed by atoms with Gasteiger partial charge in [0, 0.05) is 18.8 Å². The number of hydrogen-bond donors (Lipinski definition) is 1. The molecule has 0 bridgehead atoms. The lowest BCUT2D eigenvalue weighted by Gasteiger charge is -2.19. The van der Waals surface area contributed by atoms with Gasteiger partial charge in [-0.2, -0.15) is 13.2 Å². The third-order valence-corrected chi connectivity index (χ3v) is 6.43. The lowest BCUT2D eigenvalue weighted by Crippen LogP contribution is -2.23. The molecule has 1 atom stereocenters. The van der Waals surface area contributed by atoms with E-state index in [1.165, 1.54) is 29.3 Å². The van der Waals surface area contributed by atoms with Gasteiger partial charge >= 0.3 is 6.18 Å². The Kier molecular flexibility index (Phi) is 6.72. The second-order valence-corrected chi connectivity index (χ2v) is 8.73. The fourth-order valence-corrected chi connectivity index (χ4v) is 4.25. The number of nitrogens with one attached hydrogen (secondary N) is 1. The Morgan fingerprint density at radius 2 is 1.44 bits per heavy atom. The molecule has 1 heterocycles. The van der Waals surface area contributed by atoms with Crippen molar-refractivity contribution in [2.75, 3.05) is 5.43 Å². The molecule has 3 aromatic rings. The van der Waals surface area contributed by atoms with E-state index in [1.54, 1.807) is 12.1 Å². The molecular weight excluding hydrogens is 480 g/mol. The van der Waals surface area contributed by atoms with Crippen LogP contribution in [0.5, 0.6) is 0 Å². The van der Waals surface area contributed by atoms with Gasteiger partial charge in [-0.15, -0.1) is 0 Å². The smallest absolute Gasteiger partial charge is 0.318 e. The summed E-state index contributed by atoms with van der Waals surface area (Å²) in [7, 11) is 0. The zero-order valence-corrected chi connectivity index (χ0v) is 18.9. The molecule has 1 aliphatic heterocycles. The molecule has 0 aliphatic carbocycles. The number of allylic oxidation sites excluding steroid dienone is 1. The average molecular weight is 498 g/mol. The van der Waals surface area contributed by atoms with Crippen molar-refractivity contribution in [2.45, 2.75) is 25.2 Å². The highest BCUT2D eigenvalue weighted by atomic mass is 35.5. The van der Waals surface area contributed by atoms with Crippen LogP contribution < -0.4 is 5.43 Å². The van der Waals surface area contributed by atoms with Gasteiger partial charge in [-0.3, -0.25) is 0 Å². The lowest BCUT2D eigenvalue weighted by atomic mass is 9.97. The topological polar surface area (TPSA) is 15.3 Å². The van der Waals surface area contributed by atoms with E-state index in [0.717, 1.165) is 24.9 Å². The molecule has 4 rings (SSSR count). The normalized spacial score (nSPS) is 15.2. The number of halogens is 6. The highest BCUT2D eigenvalue weighted by molar-refractivity contribution is 6.48. The predicted molar refractivity (Wildman–Crippen MR) is 125 cm³/mol. The number of hydrazine groups is 1. The Balaban J connectivity index is 1.47. The van der Waals surface area contributed by atoms with Gasteiger partial charge in [-0.1, -0.05) is 83.4 Å². The van der Waals surface area contributed by atoms with Crippen LogP contribution in [0.4, 0.5) is 18.9 Å². The minimum Gasteiger partial charge on any atom is -0.318 e. The Hall–Kier alpha value is -2.18. The van der Waals surface area contributed by atoms with Gasteiger partial charge in [-0.05, 0) is 46.5 Å². The zero-order valence-electron chi connectivity index (χ0n) is 16.6. The first-order chi connectivity index (χ1) is 15.2. The molecule has 166 valence electrons. The van der Waals surface area contributed by atoms with E-state index in [9.17, 15) is 13.2 Å². The second-order valence-electron chi connectivity index (χ2n) is 7.54. The minimum atomic E-state index is -4.51. The first kappa shape index (κ1) is 23.0. The van der Waals surface area contributed by atoms with Crippen LogP contribution in [-0.2, 0) is 13.1 Å². The van der Waals surface area contributed by atoms with E-state index in [2.05, 4.69) is 22.6 Å². The molecule has 0 spiro atoms. The number of fused-ring (bicyclic) bond motifs is 1. The first-order valence-electron chi connectivity index (χ1n) is 9.78. The number of anilines is 1. The molecule has 0 radical (unpaired) electrons. The lowest BCUT2D eigenvalue weighted by molar-refractivity contribution is -0.139. The summed E-state index contributed by atoms with van der Waals surface area (Å²) in [5, 5.41) is 2.09. The molecule has 0 saturated carbocycles. The molecule has 32 heavy (non-hydrogen) atoms. The molecule has 0 amide bonds. The molecule has 1 unspecified atom stereocenters. The summed E-state index contributed by atoms with van der Waals surface area (Å²) in [6, 6.07) is 17.8. The summed E-state index contributed by atoms with van der Waals surface area (Å²) in [6.07, 6.45) is -1.98. The molecule has 1 N–H and O–H groups in total. The predicted octanol–water partition coefficient (Wildman–Crippen LogP) is 8.35. The van der Waals surface area contributed by atoms with Crippen molar-refractivity contribution < 1.29 is 13.2 Å². The zero-order chi connectivity index (χ0) is 22.9. The van der Waals surface area contributed by atoms with Crippen LogP contribution in [0, 0.1) is 0 Å². The summed E-state index contributed by atoms with van der Waals surface area (Å²) < 4.78 is 41.1. The average Bonchev–Trinajstić information content (AvgIpc) is 3.14. The van der Waals surface area contributed by atoms with E-state index >= 15 is 0 Å². The summed E-state index contributed by atoms with van der Waals surface area (Å²) in [4.78, 5) is 0.